The Morgan fingerprint density at radius 1 is 1.12 bits per heavy atom. The summed E-state index contributed by atoms with van der Waals surface area (Å²) in [6, 6.07) is 11.6. The number of amides is 1. The molecule has 26 heavy (non-hydrogen) atoms. The Balaban J connectivity index is 1.81. The zero-order valence-corrected chi connectivity index (χ0v) is 14.4. The lowest BCUT2D eigenvalue weighted by Crippen LogP contribution is -2.13. The lowest BCUT2D eigenvalue weighted by molar-refractivity contribution is 0.103. The zero-order chi connectivity index (χ0) is 18.5. The van der Waals surface area contributed by atoms with E-state index >= 15 is 0 Å². The Morgan fingerprint density at radius 2 is 1.92 bits per heavy atom. The van der Waals surface area contributed by atoms with E-state index < -0.39 is 15.8 Å². The molecule has 0 saturated carbocycles. The van der Waals surface area contributed by atoms with Gasteiger partial charge in [0.05, 0.1) is 17.7 Å². The van der Waals surface area contributed by atoms with Gasteiger partial charge in [0.25, 0.3) is 15.9 Å². The molecule has 3 aromatic rings. The highest BCUT2D eigenvalue weighted by Crippen LogP contribution is 2.37. The Morgan fingerprint density at radius 3 is 2.65 bits per heavy atom. The van der Waals surface area contributed by atoms with Gasteiger partial charge in [-0.15, -0.1) is 0 Å². The molecular weight excluding hydrogens is 359 g/mol. The van der Waals surface area contributed by atoms with Crippen LogP contribution >= 0.6 is 0 Å². The molecule has 8 heteroatoms. The summed E-state index contributed by atoms with van der Waals surface area (Å²) in [6.45, 7) is 0. The van der Waals surface area contributed by atoms with E-state index in [2.05, 4.69) is 10.0 Å². The topological polar surface area (TPSA) is 84.5 Å². The lowest BCUT2D eigenvalue weighted by Gasteiger charge is -2.12. The molecule has 0 aromatic heterocycles. The summed E-state index contributed by atoms with van der Waals surface area (Å²) < 4.78 is 46.7. The van der Waals surface area contributed by atoms with E-state index in [1.165, 1.54) is 25.3 Å². The number of benzene rings is 3. The summed E-state index contributed by atoms with van der Waals surface area (Å²) in [5, 5.41) is 3.68. The molecule has 3 aromatic carbocycles. The third-order valence-corrected chi connectivity index (χ3v) is 5.63. The molecule has 0 atom stereocenters. The van der Waals surface area contributed by atoms with Gasteiger partial charge in [0.2, 0.25) is 0 Å². The van der Waals surface area contributed by atoms with Crippen molar-refractivity contribution in [3.05, 3.63) is 59.9 Å². The lowest BCUT2D eigenvalue weighted by atomic mass is 10.1. The molecule has 132 valence electrons. The maximum atomic E-state index is 13.8. The molecule has 0 unspecified atom stereocenters. The quantitative estimate of drug-likeness (QED) is 0.736. The summed E-state index contributed by atoms with van der Waals surface area (Å²) in [7, 11) is -2.67. The highest BCUT2D eigenvalue weighted by molar-refractivity contribution is 7.93. The first-order valence-corrected chi connectivity index (χ1v) is 9.12. The Hall–Kier alpha value is -3.13. The predicted molar refractivity (Wildman–Crippen MR) is 95.7 cm³/mol. The van der Waals surface area contributed by atoms with Crippen LogP contribution in [-0.2, 0) is 10.0 Å². The smallest absolute Gasteiger partial charge is 0.262 e. The number of nitrogens with one attached hydrogen (secondary N) is 2. The van der Waals surface area contributed by atoms with E-state index in [1.54, 1.807) is 24.3 Å². The molecule has 0 aliphatic carbocycles. The summed E-state index contributed by atoms with van der Waals surface area (Å²) in [5.74, 6) is -0.934. The first-order chi connectivity index (χ1) is 12.4. The van der Waals surface area contributed by atoms with Gasteiger partial charge < -0.3 is 10.1 Å². The van der Waals surface area contributed by atoms with E-state index in [0.29, 0.717) is 22.0 Å². The molecule has 1 heterocycles. The second-order valence-electron chi connectivity index (χ2n) is 5.75. The van der Waals surface area contributed by atoms with Crippen LogP contribution in [0.1, 0.15) is 10.4 Å². The van der Waals surface area contributed by atoms with E-state index in [4.69, 9.17) is 4.74 Å². The minimum atomic E-state index is -4.00. The summed E-state index contributed by atoms with van der Waals surface area (Å²) in [6.07, 6.45) is 0. The van der Waals surface area contributed by atoms with Crippen molar-refractivity contribution in [3.8, 4) is 5.75 Å². The van der Waals surface area contributed by atoms with Crippen LogP contribution in [0.5, 0.6) is 5.75 Å². The van der Waals surface area contributed by atoms with Gasteiger partial charge in [-0.25, -0.2) is 12.8 Å². The minimum Gasteiger partial charge on any atom is -0.494 e. The molecule has 1 aliphatic rings. The van der Waals surface area contributed by atoms with Crippen LogP contribution in [0.3, 0.4) is 0 Å². The van der Waals surface area contributed by atoms with Crippen LogP contribution in [-0.4, -0.2) is 21.4 Å². The number of sulfonamides is 1. The molecule has 0 spiro atoms. The minimum absolute atomic E-state index is 0.00539. The molecule has 0 saturated heterocycles. The van der Waals surface area contributed by atoms with Crippen LogP contribution in [0.15, 0.2) is 53.4 Å². The second kappa shape index (κ2) is 5.70. The highest BCUT2D eigenvalue weighted by atomic mass is 32.2. The Labute approximate surface area is 148 Å². The molecule has 1 amide bonds. The second-order valence-corrected chi connectivity index (χ2v) is 7.40. The van der Waals surface area contributed by atoms with Gasteiger partial charge in [-0.1, -0.05) is 12.1 Å². The fourth-order valence-electron chi connectivity index (χ4n) is 3.04. The van der Waals surface area contributed by atoms with E-state index in [0.717, 1.165) is 6.07 Å². The van der Waals surface area contributed by atoms with Gasteiger partial charge in [0, 0.05) is 28.1 Å². The number of halogens is 1. The van der Waals surface area contributed by atoms with E-state index in [-0.39, 0.29) is 22.2 Å². The van der Waals surface area contributed by atoms with Crippen molar-refractivity contribution in [3.63, 3.8) is 0 Å². The first kappa shape index (κ1) is 16.3. The van der Waals surface area contributed by atoms with E-state index in [9.17, 15) is 17.6 Å². The monoisotopic (exact) mass is 372 g/mol. The Kier molecular flexibility index (Phi) is 3.58. The van der Waals surface area contributed by atoms with Crippen LogP contribution < -0.4 is 14.8 Å². The van der Waals surface area contributed by atoms with Crippen molar-refractivity contribution in [1.82, 2.24) is 0 Å². The van der Waals surface area contributed by atoms with Crippen molar-refractivity contribution < 1.29 is 22.3 Å². The number of rotatable bonds is 4. The number of ether oxygens (including phenoxy) is 1. The fraction of sp³-hybridized carbons (Fsp3) is 0.0556. The molecule has 2 N–H and O–H groups in total. The average Bonchev–Trinajstić information content (AvgIpc) is 2.93. The van der Waals surface area contributed by atoms with Crippen molar-refractivity contribution in [2.45, 2.75) is 4.90 Å². The van der Waals surface area contributed by atoms with Gasteiger partial charge >= 0.3 is 0 Å². The molecule has 0 bridgehead atoms. The highest BCUT2D eigenvalue weighted by Gasteiger charge is 2.26. The summed E-state index contributed by atoms with van der Waals surface area (Å²) in [5.41, 5.74) is 1.06. The summed E-state index contributed by atoms with van der Waals surface area (Å²) in [4.78, 5) is 12.0. The fourth-order valence-corrected chi connectivity index (χ4v) is 4.29. The normalized spacial score (nSPS) is 12.9. The van der Waals surface area contributed by atoms with Crippen LogP contribution in [0.4, 0.5) is 15.8 Å². The molecule has 0 radical (unpaired) electrons. The van der Waals surface area contributed by atoms with E-state index in [1.807, 2.05) is 0 Å². The standard InChI is InChI=1S/C18H13FN2O4S/c1-25-15-7-5-10(9-13(15)19)21-26(23,24)16-8-6-14-17-11(16)3-2-4-12(17)18(22)20-14/h2-9,21H,1H3,(H,20,22). The van der Waals surface area contributed by atoms with Crippen molar-refractivity contribution in [2.24, 2.45) is 0 Å². The number of methoxy groups -OCH3 is 1. The first-order valence-electron chi connectivity index (χ1n) is 7.64. The number of hydrogen-bond acceptors (Lipinski definition) is 4. The SMILES string of the molecule is COc1ccc(NS(=O)(=O)c2ccc3c4c(cccc24)C(=O)N3)cc1F. The number of anilines is 2. The molecule has 6 nitrogen and oxygen atoms in total. The van der Waals surface area contributed by atoms with Crippen LogP contribution in [0.2, 0.25) is 0 Å². The zero-order valence-electron chi connectivity index (χ0n) is 13.5. The number of carbonyl (C=O) groups is 1. The maximum absolute atomic E-state index is 13.8. The van der Waals surface area contributed by atoms with Crippen molar-refractivity contribution in [1.29, 1.82) is 0 Å². The third-order valence-electron chi connectivity index (χ3n) is 4.19. The van der Waals surface area contributed by atoms with Crippen molar-refractivity contribution in [2.75, 3.05) is 17.1 Å². The predicted octanol–water partition coefficient (Wildman–Crippen LogP) is 3.35. The van der Waals surface area contributed by atoms with Gasteiger partial charge in [-0.3, -0.25) is 9.52 Å². The molecule has 4 rings (SSSR count). The Bertz CT molecular complexity index is 1180. The molecule has 0 fully saturated rings. The van der Waals surface area contributed by atoms with Crippen molar-refractivity contribution >= 4 is 38.1 Å². The van der Waals surface area contributed by atoms with Crippen LogP contribution in [0.25, 0.3) is 10.8 Å². The van der Waals surface area contributed by atoms with Crippen LogP contribution in [0, 0.1) is 5.82 Å². The van der Waals surface area contributed by atoms with Gasteiger partial charge in [0.1, 0.15) is 0 Å². The largest absolute Gasteiger partial charge is 0.494 e. The van der Waals surface area contributed by atoms with Gasteiger partial charge in [0.15, 0.2) is 11.6 Å². The molecular formula is C18H13FN2O4S. The maximum Gasteiger partial charge on any atom is 0.262 e. The average molecular weight is 372 g/mol. The molecule has 1 aliphatic heterocycles. The number of hydrogen-bond donors (Lipinski definition) is 2. The van der Waals surface area contributed by atoms with Gasteiger partial charge in [-0.2, -0.15) is 0 Å². The third kappa shape index (κ3) is 2.46. The summed E-state index contributed by atoms with van der Waals surface area (Å²) >= 11 is 0. The number of carbonyl (C=O) groups excluding carboxylic acids is 1. The van der Waals surface area contributed by atoms with Gasteiger partial charge in [-0.05, 0) is 30.3 Å².